The predicted octanol–water partition coefficient (Wildman–Crippen LogP) is 1.03. The zero-order chi connectivity index (χ0) is 21.1. The van der Waals surface area contributed by atoms with Crippen molar-refractivity contribution in [2.75, 3.05) is 11.9 Å². The van der Waals surface area contributed by atoms with Gasteiger partial charge < -0.3 is 14.8 Å². The van der Waals surface area contributed by atoms with Crippen LogP contribution in [-0.2, 0) is 24.3 Å². The molecule has 0 radical (unpaired) electrons. The Balaban J connectivity index is 1.31. The first-order valence-corrected chi connectivity index (χ1v) is 10.9. The number of aryl methyl sites for hydroxylation is 1. The van der Waals surface area contributed by atoms with Crippen molar-refractivity contribution in [1.29, 1.82) is 0 Å². The van der Waals surface area contributed by atoms with E-state index in [1.165, 1.54) is 28.2 Å². The molecule has 0 spiro atoms. The maximum atomic E-state index is 12.6. The lowest BCUT2D eigenvalue weighted by Gasteiger charge is -2.26. The predicted molar refractivity (Wildman–Crippen MR) is 112 cm³/mol. The molecule has 0 atom stereocenters. The number of hydrogen-bond donors (Lipinski definition) is 3. The quantitative estimate of drug-likeness (QED) is 0.650. The molecular formula is C19H24N6O4S. The van der Waals surface area contributed by atoms with E-state index in [0.717, 1.165) is 36.3 Å². The first-order chi connectivity index (χ1) is 14.5. The summed E-state index contributed by atoms with van der Waals surface area (Å²) in [6.07, 6.45) is 6.51. The minimum Gasteiger partial charge on any atom is -0.337 e. The lowest BCUT2D eigenvalue weighted by atomic mass is 10.1. The molecule has 1 fully saturated rings. The molecule has 10 nitrogen and oxygen atoms in total. The highest BCUT2D eigenvalue weighted by Gasteiger charge is 2.25. The van der Waals surface area contributed by atoms with E-state index in [4.69, 9.17) is 0 Å². The van der Waals surface area contributed by atoms with Crippen molar-refractivity contribution in [2.24, 2.45) is 0 Å². The van der Waals surface area contributed by atoms with Crippen LogP contribution in [0.15, 0.2) is 21.9 Å². The molecule has 11 heteroatoms. The third kappa shape index (κ3) is 4.78. The van der Waals surface area contributed by atoms with Gasteiger partial charge in [-0.05, 0) is 12.8 Å². The van der Waals surface area contributed by atoms with Crippen molar-refractivity contribution in [2.45, 2.75) is 57.7 Å². The van der Waals surface area contributed by atoms with Gasteiger partial charge in [0.1, 0.15) is 0 Å². The number of nitrogens with one attached hydrogen (secondary N) is 3. The molecule has 30 heavy (non-hydrogen) atoms. The lowest BCUT2D eigenvalue weighted by Crippen LogP contribution is -2.37. The maximum absolute atomic E-state index is 12.6. The Morgan fingerprint density at radius 3 is 2.83 bits per heavy atom. The fourth-order valence-electron chi connectivity index (χ4n) is 3.85. The number of urea groups is 1. The average Bonchev–Trinajstić information content (AvgIpc) is 3.35. The van der Waals surface area contributed by atoms with Crippen LogP contribution in [0.5, 0.6) is 0 Å². The second-order valence-corrected chi connectivity index (χ2v) is 8.67. The number of hydrogen-bond acceptors (Lipinski definition) is 6. The van der Waals surface area contributed by atoms with Gasteiger partial charge in [0.15, 0.2) is 5.13 Å². The second kappa shape index (κ2) is 8.82. The Labute approximate surface area is 176 Å². The van der Waals surface area contributed by atoms with Crippen molar-refractivity contribution >= 4 is 28.4 Å². The molecule has 0 bridgehead atoms. The molecule has 0 aromatic carbocycles. The largest absolute Gasteiger partial charge is 0.337 e. The standard InChI is InChI=1S/C19H24N6O4S/c26-15-6-9-24(19(29)22-15)10-7-16(27)25-8-5-13-14(11-25)30-18(21-13)23-17(28)20-12-3-1-2-4-12/h6,9,12H,1-5,7-8,10-11H2,(H,22,26,29)(H2,20,21,23,28). The molecule has 4 rings (SSSR count). The van der Waals surface area contributed by atoms with Crippen LogP contribution >= 0.6 is 11.3 Å². The van der Waals surface area contributed by atoms with Crippen LogP contribution in [0.2, 0.25) is 0 Å². The number of nitrogens with zero attached hydrogens (tertiary/aromatic N) is 3. The minimum atomic E-state index is -0.523. The highest BCUT2D eigenvalue weighted by atomic mass is 32.1. The zero-order valence-corrected chi connectivity index (χ0v) is 17.3. The maximum Gasteiger partial charge on any atom is 0.328 e. The molecule has 2 aromatic heterocycles. The Bertz CT molecular complexity index is 1050. The van der Waals surface area contributed by atoms with Crippen molar-refractivity contribution in [1.82, 2.24) is 24.8 Å². The second-order valence-electron chi connectivity index (χ2n) is 7.59. The van der Waals surface area contributed by atoms with E-state index in [-0.39, 0.29) is 30.9 Å². The molecule has 1 saturated carbocycles. The molecule has 3 amide bonds. The molecule has 3 N–H and O–H groups in total. The Hall–Kier alpha value is -2.95. The molecule has 1 aliphatic heterocycles. The van der Waals surface area contributed by atoms with Crippen LogP contribution in [0.4, 0.5) is 9.93 Å². The van der Waals surface area contributed by atoms with Gasteiger partial charge in [0.05, 0.1) is 12.2 Å². The van der Waals surface area contributed by atoms with Crippen molar-refractivity contribution in [3.8, 4) is 0 Å². The topological polar surface area (TPSA) is 129 Å². The fraction of sp³-hybridized carbons (Fsp3) is 0.526. The van der Waals surface area contributed by atoms with Crippen molar-refractivity contribution in [3.05, 3.63) is 43.7 Å². The van der Waals surface area contributed by atoms with Crippen molar-refractivity contribution in [3.63, 3.8) is 0 Å². The van der Waals surface area contributed by atoms with E-state index < -0.39 is 11.2 Å². The van der Waals surface area contributed by atoms with Gasteiger partial charge >= 0.3 is 11.7 Å². The number of carbonyl (C=O) groups excluding carboxylic acids is 2. The summed E-state index contributed by atoms with van der Waals surface area (Å²) in [4.78, 5) is 57.0. The summed E-state index contributed by atoms with van der Waals surface area (Å²) in [5.41, 5.74) is -0.0694. The summed E-state index contributed by atoms with van der Waals surface area (Å²) >= 11 is 1.39. The number of fused-ring (bicyclic) bond motifs is 1. The number of aromatic amines is 1. The third-order valence-corrected chi connectivity index (χ3v) is 6.46. The Morgan fingerprint density at radius 1 is 1.27 bits per heavy atom. The van der Waals surface area contributed by atoms with E-state index in [1.807, 2.05) is 0 Å². The van der Waals surface area contributed by atoms with Gasteiger partial charge in [-0.15, -0.1) is 0 Å². The molecule has 160 valence electrons. The van der Waals surface area contributed by atoms with Crippen LogP contribution in [0.1, 0.15) is 42.7 Å². The zero-order valence-electron chi connectivity index (χ0n) is 16.5. The normalized spacial score (nSPS) is 16.3. The first-order valence-electron chi connectivity index (χ1n) is 10.1. The summed E-state index contributed by atoms with van der Waals surface area (Å²) in [6, 6.07) is 1.27. The van der Waals surface area contributed by atoms with Gasteiger partial charge in [0, 0.05) is 49.1 Å². The van der Waals surface area contributed by atoms with Gasteiger partial charge in [-0.2, -0.15) is 0 Å². The number of carbonyl (C=O) groups is 2. The molecule has 0 saturated heterocycles. The number of amides is 3. The molecule has 0 unspecified atom stereocenters. The monoisotopic (exact) mass is 432 g/mol. The summed E-state index contributed by atoms with van der Waals surface area (Å²) in [6.45, 7) is 1.19. The van der Waals surface area contributed by atoms with Crippen LogP contribution in [0.3, 0.4) is 0 Å². The van der Waals surface area contributed by atoms with E-state index in [0.29, 0.717) is 24.6 Å². The highest BCUT2D eigenvalue weighted by Crippen LogP contribution is 2.28. The summed E-state index contributed by atoms with van der Waals surface area (Å²) in [7, 11) is 0. The van der Waals surface area contributed by atoms with Crippen molar-refractivity contribution < 1.29 is 9.59 Å². The minimum absolute atomic E-state index is 0.0689. The smallest absolute Gasteiger partial charge is 0.328 e. The first kappa shape index (κ1) is 20.3. The number of aromatic nitrogens is 3. The summed E-state index contributed by atoms with van der Waals surface area (Å²) < 4.78 is 1.31. The lowest BCUT2D eigenvalue weighted by molar-refractivity contribution is -0.132. The van der Waals surface area contributed by atoms with E-state index in [1.54, 1.807) is 4.90 Å². The molecule has 3 heterocycles. The van der Waals surface area contributed by atoms with E-state index >= 15 is 0 Å². The Kier molecular flexibility index (Phi) is 5.98. The fourth-order valence-corrected chi connectivity index (χ4v) is 4.86. The van der Waals surface area contributed by atoms with Crippen LogP contribution in [-0.4, -0.2) is 44.0 Å². The molecule has 2 aromatic rings. The van der Waals surface area contributed by atoms with Gasteiger partial charge in [0.25, 0.3) is 5.56 Å². The average molecular weight is 433 g/mol. The van der Waals surface area contributed by atoms with E-state index in [2.05, 4.69) is 20.6 Å². The van der Waals surface area contributed by atoms with Gasteiger partial charge in [0.2, 0.25) is 5.91 Å². The number of rotatable bonds is 5. The number of anilines is 1. The Morgan fingerprint density at radius 2 is 2.07 bits per heavy atom. The molecule has 2 aliphatic rings. The van der Waals surface area contributed by atoms with Gasteiger partial charge in [-0.25, -0.2) is 14.6 Å². The van der Waals surface area contributed by atoms with Crippen LogP contribution in [0.25, 0.3) is 0 Å². The number of H-pyrrole nitrogens is 1. The summed E-state index contributed by atoms with van der Waals surface area (Å²) in [5, 5.41) is 6.34. The van der Waals surface area contributed by atoms with Crippen LogP contribution in [0, 0.1) is 0 Å². The summed E-state index contributed by atoms with van der Waals surface area (Å²) in [5.74, 6) is -0.0689. The van der Waals surface area contributed by atoms with Crippen LogP contribution < -0.4 is 21.9 Å². The SMILES string of the molecule is O=C(Nc1nc2c(s1)CN(C(=O)CCn1ccc(=O)[nH]c1=O)CC2)NC1CCCC1. The molecular weight excluding hydrogens is 408 g/mol. The van der Waals surface area contributed by atoms with E-state index in [9.17, 15) is 19.2 Å². The van der Waals surface area contributed by atoms with Gasteiger partial charge in [-0.3, -0.25) is 19.9 Å². The third-order valence-electron chi connectivity index (χ3n) is 5.46. The molecule has 1 aliphatic carbocycles. The number of thiazole rings is 1. The van der Waals surface area contributed by atoms with Gasteiger partial charge in [-0.1, -0.05) is 24.2 Å². The highest BCUT2D eigenvalue weighted by molar-refractivity contribution is 7.15.